The van der Waals surface area contributed by atoms with Gasteiger partial charge in [0.2, 0.25) is 5.88 Å². The van der Waals surface area contributed by atoms with Gasteiger partial charge in [-0.2, -0.15) is 0 Å². The van der Waals surface area contributed by atoms with Crippen LogP contribution in [0.2, 0.25) is 0 Å². The van der Waals surface area contributed by atoms with E-state index in [1.54, 1.807) is 11.1 Å². The van der Waals surface area contributed by atoms with Crippen molar-refractivity contribution < 1.29 is 14.3 Å². The van der Waals surface area contributed by atoms with Crippen LogP contribution in [0.5, 0.6) is 5.88 Å². The Bertz CT molecular complexity index is 693. The molecule has 1 aromatic rings. The standard InChI is InChI=1S/C20H28N4O3/c1-19(2,3)27-18(25)24-12-8-16(9-13-24)26-17-7-6-15(14-22-17)23-20(21-4)10-5-11-20/h6-7,14,16,23H,5,8-13H2,1-3H3. The van der Waals surface area contributed by atoms with Gasteiger partial charge >= 0.3 is 11.8 Å². The number of ether oxygens (including phenoxy) is 2. The minimum atomic E-state index is -0.477. The van der Waals surface area contributed by atoms with Crippen LogP contribution < -0.4 is 10.1 Å². The Morgan fingerprint density at radius 1 is 1.33 bits per heavy atom. The quantitative estimate of drug-likeness (QED) is 0.807. The monoisotopic (exact) mass is 372 g/mol. The van der Waals surface area contributed by atoms with Gasteiger partial charge in [0, 0.05) is 44.8 Å². The van der Waals surface area contributed by atoms with Gasteiger partial charge < -0.3 is 19.7 Å². The number of rotatable bonds is 4. The van der Waals surface area contributed by atoms with Gasteiger partial charge in [-0.05, 0) is 33.3 Å². The lowest BCUT2D eigenvalue weighted by molar-refractivity contribution is 0.0123. The van der Waals surface area contributed by atoms with Crippen molar-refractivity contribution in [1.29, 1.82) is 0 Å². The third-order valence-electron chi connectivity index (χ3n) is 4.89. The molecule has 0 atom stereocenters. The first-order chi connectivity index (χ1) is 12.8. The number of amides is 1. The second-order valence-corrected chi connectivity index (χ2v) is 8.29. The Kier molecular flexibility index (Phi) is 5.45. The number of aromatic nitrogens is 1. The van der Waals surface area contributed by atoms with Crippen LogP contribution in [0.25, 0.3) is 4.85 Å². The molecule has 1 amide bonds. The smallest absolute Gasteiger partial charge is 0.410 e. The molecule has 27 heavy (non-hydrogen) atoms. The summed E-state index contributed by atoms with van der Waals surface area (Å²) >= 11 is 0. The summed E-state index contributed by atoms with van der Waals surface area (Å²) in [5.74, 6) is 0.571. The number of anilines is 1. The normalized spacial score (nSPS) is 19.6. The fourth-order valence-electron chi connectivity index (χ4n) is 3.22. The minimum Gasteiger partial charge on any atom is -0.474 e. The summed E-state index contributed by atoms with van der Waals surface area (Å²) < 4.78 is 11.4. The van der Waals surface area contributed by atoms with E-state index in [0.717, 1.165) is 37.8 Å². The predicted molar refractivity (Wildman–Crippen MR) is 103 cm³/mol. The van der Waals surface area contributed by atoms with Gasteiger partial charge in [0.1, 0.15) is 11.7 Å². The number of carbonyl (C=O) groups is 1. The molecule has 2 fully saturated rings. The highest BCUT2D eigenvalue weighted by Crippen LogP contribution is 2.36. The van der Waals surface area contributed by atoms with Crippen LogP contribution >= 0.6 is 0 Å². The molecule has 0 bridgehead atoms. The average molecular weight is 372 g/mol. The van der Waals surface area contributed by atoms with Crippen LogP contribution in [0.15, 0.2) is 18.3 Å². The third kappa shape index (κ3) is 5.03. The van der Waals surface area contributed by atoms with Gasteiger partial charge in [-0.25, -0.2) is 16.4 Å². The van der Waals surface area contributed by atoms with E-state index in [2.05, 4.69) is 15.1 Å². The summed E-state index contributed by atoms with van der Waals surface area (Å²) in [6, 6.07) is 3.74. The molecule has 1 saturated heterocycles. The molecule has 0 spiro atoms. The molecule has 2 aliphatic rings. The maximum atomic E-state index is 12.1. The van der Waals surface area contributed by atoms with Gasteiger partial charge in [0.25, 0.3) is 0 Å². The van der Waals surface area contributed by atoms with Crippen LogP contribution in [-0.4, -0.2) is 46.4 Å². The zero-order valence-corrected chi connectivity index (χ0v) is 16.3. The number of carbonyl (C=O) groups excluding carboxylic acids is 1. The first-order valence-corrected chi connectivity index (χ1v) is 9.56. The van der Waals surface area contributed by atoms with E-state index in [1.165, 1.54) is 0 Å². The van der Waals surface area contributed by atoms with Gasteiger partial charge in [-0.1, -0.05) is 0 Å². The number of nitrogens with one attached hydrogen (secondary N) is 1. The number of hydrogen-bond donors (Lipinski definition) is 1. The third-order valence-corrected chi connectivity index (χ3v) is 4.89. The van der Waals surface area contributed by atoms with Crippen molar-refractivity contribution in [2.75, 3.05) is 18.4 Å². The van der Waals surface area contributed by atoms with Crippen molar-refractivity contribution >= 4 is 11.8 Å². The van der Waals surface area contributed by atoms with Crippen molar-refractivity contribution in [2.24, 2.45) is 0 Å². The Hall–Kier alpha value is -2.49. The second-order valence-electron chi connectivity index (χ2n) is 8.29. The molecule has 146 valence electrons. The first-order valence-electron chi connectivity index (χ1n) is 9.56. The van der Waals surface area contributed by atoms with E-state index in [9.17, 15) is 4.79 Å². The molecule has 7 heteroatoms. The van der Waals surface area contributed by atoms with E-state index < -0.39 is 11.3 Å². The van der Waals surface area contributed by atoms with Crippen molar-refractivity contribution in [3.63, 3.8) is 0 Å². The molecular weight excluding hydrogens is 344 g/mol. The lowest BCUT2D eigenvalue weighted by Crippen LogP contribution is -2.44. The minimum absolute atomic E-state index is 0.0382. The van der Waals surface area contributed by atoms with Crippen molar-refractivity contribution in [3.05, 3.63) is 29.7 Å². The molecule has 0 unspecified atom stereocenters. The maximum absolute atomic E-state index is 12.1. The summed E-state index contributed by atoms with van der Waals surface area (Å²) in [5.41, 5.74) is -0.0775. The number of nitrogens with zero attached hydrogens (tertiary/aromatic N) is 3. The predicted octanol–water partition coefficient (Wildman–Crippen LogP) is 4.07. The number of hydrogen-bond acceptors (Lipinski definition) is 5. The highest BCUT2D eigenvalue weighted by Gasteiger charge is 2.43. The summed E-state index contributed by atoms with van der Waals surface area (Å²) in [5, 5.41) is 3.28. The van der Waals surface area contributed by atoms with Crippen LogP contribution in [0.3, 0.4) is 0 Å². The molecule has 7 nitrogen and oxygen atoms in total. The molecular formula is C20H28N4O3. The average Bonchev–Trinajstić information content (AvgIpc) is 2.59. The molecule has 1 aromatic heterocycles. The second kappa shape index (κ2) is 7.63. The van der Waals surface area contributed by atoms with Crippen LogP contribution in [0, 0.1) is 6.57 Å². The number of pyridine rings is 1. The van der Waals surface area contributed by atoms with Crippen molar-refractivity contribution in [3.8, 4) is 5.88 Å². The van der Waals surface area contributed by atoms with Gasteiger partial charge in [-0.3, -0.25) is 4.85 Å². The zero-order chi connectivity index (χ0) is 19.5. The maximum Gasteiger partial charge on any atom is 0.410 e. The van der Waals surface area contributed by atoms with E-state index in [0.29, 0.717) is 19.0 Å². The van der Waals surface area contributed by atoms with E-state index >= 15 is 0 Å². The summed E-state index contributed by atoms with van der Waals surface area (Å²) in [6.07, 6.45) is 5.84. The number of piperidine rings is 1. The molecule has 3 rings (SSSR count). The van der Waals surface area contributed by atoms with Crippen LogP contribution in [0.4, 0.5) is 10.5 Å². The van der Waals surface area contributed by atoms with Gasteiger partial charge in [-0.15, -0.1) is 0 Å². The molecule has 1 aliphatic heterocycles. The number of likely N-dealkylation sites (tertiary alicyclic amines) is 1. The topological polar surface area (TPSA) is 68.0 Å². The largest absolute Gasteiger partial charge is 0.474 e. The highest BCUT2D eigenvalue weighted by molar-refractivity contribution is 5.68. The Labute approximate surface area is 160 Å². The van der Waals surface area contributed by atoms with Crippen molar-refractivity contribution in [1.82, 2.24) is 9.88 Å². The molecule has 0 radical (unpaired) electrons. The van der Waals surface area contributed by atoms with E-state index in [-0.39, 0.29) is 12.2 Å². The van der Waals surface area contributed by atoms with Gasteiger partial charge in [0.15, 0.2) is 0 Å². The molecule has 1 aliphatic carbocycles. The molecule has 1 N–H and O–H groups in total. The van der Waals surface area contributed by atoms with E-state index in [4.69, 9.17) is 16.0 Å². The lowest BCUT2D eigenvalue weighted by Gasteiger charge is -2.33. The van der Waals surface area contributed by atoms with Crippen LogP contribution in [-0.2, 0) is 4.74 Å². The summed E-state index contributed by atoms with van der Waals surface area (Å²) in [7, 11) is 0. The van der Waals surface area contributed by atoms with Crippen LogP contribution in [0.1, 0.15) is 52.9 Å². The Morgan fingerprint density at radius 2 is 2.04 bits per heavy atom. The van der Waals surface area contributed by atoms with Crippen molar-refractivity contribution in [2.45, 2.75) is 70.2 Å². The molecule has 0 aromatic carbocycles. The Balaban J connectivity index is 1.46. The fourth-order valence-corrected chi connectivity index (χ4v) is 3.22. The lowest BCUT2D eigenvalue weighted by atomic mass is 9.85. The SMILES string of the molecule is [C-]#[N+]C1(Nc2ccc(OC3CCN(C(=O)OC(C)(C)C)CC3)nc2)CCC1. The Morgan fingerprint density at radius 3 is 2.52 bits per heavy atom. The molecule has 2 heterocycles. The summed E-state index contributed by atoms with van der Waals surface area (Å²) in [4.78, 5) is 21.9. The van der Waals surface area contributed by atoms with Gasteiger partial charge in [0.05, 0.1) is 11.9 Å². The molecule has 1 saturated carbocycles. The fraction of sp³-hybridized carbons (Fsp3) is 0.650. The summed E-state index contributed by atoms with van der Waals surface area (Å²) in [6.45, 7) is 14.2. The van der Waals surface area contributed by atoms with E-state index in [1.807, 2.05) is 32.9 Å². The highest BCUT2D eigenvalue weighted by atomic mass is 16.6. The zero-order valence-electron chi connectivity index (χ0n) is 16.3. The first kappa shape index (κ1) is 19.3.